The van der Waals surface area contributed by atoms with Gasteiger partial charge in [-0.25, -0.2) is 9.19 Å². The SMILES string of the molecule is Cn1c2ccncc2c2ccc(N3CCC(OS(=O)[O-])CC3)nc21. The molecule has 1 aliphatic heterocycles. The molecule has 7 nitrogen and oxygen atoms in total. The Hall–Kier alpha value is -2.03. The van der Waals surface area contributed by atoms with Gasteiger partial charge in [0.1, 0.15) is 11.5 Å². The maximum Gasteiger partial charge on any atom is 0.143 e. The van der Waals surface area contributed by atoms with Crippen molar-refractivity contribution < 1.29 is 12.9 Å². The van der Waals surface area contributed by atoms with Crippen LogP contribution in [0.5, 0.6) is 0 Å². The van der Waals surface area contributed by atoms with Crippen LogP contribution in [0.2, 0.25) is 0 Å². The molecule has 0 amide bonds. The molecule has 126 valence electrons. The van der Waals surface area contributed by atoms with Crippen molar-refractivity contribution in [2.45, 2.75) is 18.9 Å². The number of fused-ring (bicyclic) bond motifs is 3. The van der Waals surface area contributed by atoms with Crippen molar-refractivity contribution >= 4 is 39.1 Å². The van der Waals surface area contributed by atoms with Gasteiger partial charge in [0.25, 0.3) is 0 Å². The minimum absolute atomic E-state index is 0.230. The molecule has 0 aliphatic carbocycles. The van der Waals surface area contributed by atoms with Gasteiger partial charge < -0.3 is 14.0 Å². The largest absolute Gasteiger partial charge is 0.750 e. The zero-order valence-corrected chi connectivity index (χ0v) is 14.0. The molecular weight excluding hydrogens is 328 g/mol. The van der Waals surface area contributed by atoms with E-state index >= 15 is 0 Å². The Balaban J connectivity index is 1.63. The molecule has 1 fully saturated rings. The van der Waals surface area contributed by atoms with Crippen LogP contribution in [0.15, 0.2) is 30.6 Å². The first-order chi connectivity index (χ1) is 11.6. The topological polar surface area (TPSA) is 83.3 Å². The zero-order valence-electron chi connectivity index (χ0n) is 13.2. The molecule has 4 heterocycles. The monoisotopic (exact) mass is 345 g/mol. The van der Waals surface area contributed by atoms with E-state index in [9.17, 15) is 8.76 Å². The zero-order chi connectivity index (χ0) is 16.7. The van der Waals surface area contributed by atoms with Crippen LogP contribution in [-0.2, 0) is 22.6 Å². The quantitative estimate of drug-likeness (QED) is 0.674. The predicted octanol–water partition coefficient (Wildman–Crippen LogP) is 1.90. The third kappa shape index (κ3) is 2.66. The second kappa shape index (κ2) is 6.12. The number of aromatic nitrogens is 3. The van der Waals surface area contributed by atoms with Crippen LogP contribution in [-0.4, -0.2) is 42.5 Å². The first kappa shape index (κ1) is 15.5. The Morgan fingerprint density at radius 3 is 2.79 bits per heavy atom. The van der Waals surface area contributed by atoms with Crippen LogP contribution >= 0.6 is 0 Å². The summed E-state index contributed by atoms with van der Waals surface area (Å²) in [5, 5.41) is 2.18. The van der Waals surface area contributed by atoms with E-state index in [1.807, 2.05) is 25.4 Å². The summed E-state index contributed by atoms with van der Waals surface area (Å²) in [6.45, 7) is 1.46. The molecule has 1 aliphatic rings. The Labute approximate surface area is 141 Å². The van der Waals surface area contributed by atoms with Crippen molar-refractivity contribution in [1.29, 1.82) is 0 Å². The molecule has 1 atom stereocenters. The lowest BCUT2D eigenvalue weighted by Crippen LogP contribution is -2.37. The number of rotatable bonds is 3. The van der Waals surface area contributed by atoms with E-state index in [-0.39, 0.29) is 6.10 Å². The number of aryl methyl sites for hydroxylation is 1. The summed E-state index contributed by atoms with van der Waals surface area (Å²) in [6, 6.07) is 6.08. The lowest BCUT2D eigenvalue weighted by atomic mass is 10.1. The first-order valence-electron chi connectivity index (χ1n) is 7.84. The van der Waals surface area contributed by atoms with Gasteiger partial charge in [-0.15, -0.1) is 0 Å². The molecular formula is C16H17N4O3S-. The molecule has 1 saturated heterocycles. The highest BCUT2D eigenvalue weighted by Crippen LogP contribution is 2.29. The van der Waals surface area contributed by atoms with E-state index in [1.165, 1.54) is 0 Å². The molecule has 0 saturated carbocycles. The smallest absolute Gasteiger partial charge is 0.143 e. The van der Waals surface area contributed by atoms with E-state index in [1.54, 1.807) is 6.20 Å². The Morgan fingerprint density at radius 2 is 2.04 bits per heavy atom. The van der Waals surface area contributed by atoms with Crippen molar-refractivity contribution in [2.24, 2.45) is 7.05 Å². The Kier molecular flexibility index (Phi) is 3.95. The molecule has 0 N–H and O–H groups in total. The number of anilines is 1. The Morgan fingerprint density at radius 1 is 1.25 bits per heavy atom. The van der Waals surface area contributed by atoms with Gasteiger partial charge >= 0.3 is 0 Å². The molecule has 0 spiro atoms. The maximum absolute atomic E-state index is 10.6. The molecule has 0 bridgehead atoms. The first-order valence-corrected chi connectivity index (χ1v) is 8.84. The van der Waals surface area contributed by atoms with Gasteiger partial charge in [0, 0.05) is 43.3 Å². The standard InChI is InChI=1S/C16H18N4O3S/c1-19-14-4-7-17-10-13(14)12-2-3-15(18-16(12)19)20-8-5-11(6-9-20)23-24(21)22/h2-4,7,10-11H,5-6,8-9H2,1H3,(H,21,22)/p-1. The number of hydrogen-bond donors (Lipinski definition) is 0. The van der Waals surface area contributed by atoms with Crippen molar-refractivity contribution in [3.63, 3.8) is 0 Å². The molecule has 3 aromatic heterocycles. The van der Waals surface area contributed by atoms with E-state index in [4.69, 9.17) is 9.17 Å². The van der Waals surface area contributed by atoms with Gasteiger partial charge in [0.05, 0.1) is 23.0 Å². The molecule has 1 unspecified atom stereocenters. The fourth-order valence-electron chi connectivity index (χ4n) is 3.37. The fraction of sp³-hybridized carbons (Fsp3) is 0.375. The molecule has 8 heteroatoms. The summed E-state index contributed by atoms with van der Waals surface area (Å²) in [6.07, 6.45) is 4.77. The molecule has 24 heavy (non-hydrogen) atoms. The Bertz CT molecular complexity index is 918. The molecule has 0 aromatic carbocycles. The van der Waals surface area contributed by atoms with Crippen LogP contribution < -0.4 is 4.90 Å². The minimum atomic E-state index is -2.44. The van der Waals surface area contributed by atoms with Crippen molar-refractivity contribution in [3.8, 4) is 0 Å². The third-order valence-corrected chi connectivity index (χ3v) is 5.04. The van der Waals surface area contributed by atoms with Gasteiger partial charge in [0.15, 0.2) is 0 Å². The fourth-order valence-corrected chi connectivity index (χ4v) is 3.79. The average molecular weight is 345 g/mol. The minimum Gasteiger partial charge on any atom is -0.750 e. The van der Waals surface area contributed by atoms with Gasteiger partial charge in [-0.3, -0.25) is 9.17 Å². The highest BCUT2D eigenvalue weighted by Gasteiger charge is 2.22. The van der Waals surface area contributed by atoms with Gasteiger partial charge in [-0.1, -0.05) is 0 Å². The average Bonchev–Trinajstić information content (AvgIpc) is 2.88. The number of nitrogens with zero attached hydrogens (tertiary/aromatic N) is 4. The third-order valence-electron chi connectivity index (χ3n) is 4.61. The van der Waals surface area contributed by atoms with Crippen LogP contribution in [0.3, 0.4) is 0 Å². The van der Waals surface area contributed by atoms with Crippen molar-refractivity contribution in [3.05, 3.63) is 30.6 Å². The lowest BCUT2D eigenvalue weighted by molar-refractivity contribution is 0.171. The maximum atomic E-state index is 10.6. The van der Waals surface area contributed by atoms with Crippen LogP contribution in [0, 0.1) is 0 Å². The van der Waals surface area contributed by atoms with Gasteiger partial charge in [0.2, 0.25) is 0 Å². The summed E-state index contributed by atoms with van der Waals surface area (Å²) in [7, 11) is 2.01. The van der Waals surface area contributed by atoms with Crippen LogP contribution in [0.4, 0.5) is 5.82 Å². The molecule has 4 rings (SSSR count). The van der Waals surface area contributed by atoms with Crippen LogP contribution in [0.1, 0.15) is 12.8 Å². The second-order valence-corrected chi connectivity index (χ2v) is 6.58. The number of hydrogen-bond acceptors (Lipinski definition) is 6. The van der Waals surface area contributed by atoms with Gasteiger partial charge in [-0.05, 0) is 31.0 Å². The summed E-state index contributed by atoms with van der Waals surface area (Å²) in [5.41, 5.74) is 2.03. The van der Waals surface area contributed by atoms with E-state index in [0.29, 0.717) is 12.8 Å². The van der Waals surface area contributed by atoms with E-state index in [0.717, 1.165) is 40.8 Å². The molecule has 3 aromatic rings. The second-order valence-electron chi connectivity index (χ2n) is 5.98. The van der Waals surface area contributed by atoms with Crippen LogP contribution in [0.25, 0.3) is 21.9 Å². The van der Waals surface area contributed by atoms with Crippen molar-refractivity contribution in [1.82, 2.24) is 14.5 Å². The summed E-state index contributed by atoms with van der Waals surface area (Å²) in [5.74, 6) is 0.906. The highest BCUT2D eigenvalue weighted by atomic mass is 32.2. The summed E-state index contributed by atoms with van der Waals surface area (Å²) < 4.78 is 28.2. The predicted molar refractivity (Wildman–Crippen MR) is 91.3 cm³/mol. The lowest BCUT2D eigenvalue weighted by Gasteiger charge is -2.32. The normalized spacial score (nSPS) is 17.7. The van der Waals surface area contributed by atoms with E-state index < -0.39 is 11.4 Å². The number of piperidine rings is 1. The van der Waals surface area contributed by atoms with Gasteiger partial charge in [-0.2, -0.15) is 0 Å². The van der Waals surface area contributed by atoms with E-state index in [2.05, 4.69) is 20.5 Å². The number of pyridine rings is 2. The highest BCUT2D eigenvalue weighted by molar-refractivity contribution is 7.74. The van der Waals surface area contributed by atoms with Crippen molar-refractivity contribution in [2.75, 3.05) is 18.0 Å². The molecule has 0 radical (unpaired) electrons. The summed E-state index contributed by atoms with van der Waals surface area (Å²) >= 11 is -2.44. The summed E-state index contributed by atoms with van der Waals surface area (Å²) in [4.78, 5) is 11.2.